The van der Waals surface area contributed by atoms with E-state index in [9.17, 15) is 0 Å². The zero-order chi connectivity index (χ0) is 7.98. The van der Waals surface area contributed by atoms with Gasteiger partial charge >= 0.3 is 0 Å². The molecule has 0 saturated heterocycles. The van der Waals surface area contributed by atoms with Crippen LogP contribution in [0.25, 0.3) is 0 Å². The molecule has 0 unspecified atom stereocenters. The smallest absolute Gasteiger partial charge is 0.0471 e. The molecule has 0 aromatic rings. The van der Waals surface area contributed by atoms with Crippen LogP contribution in [0.15, 0.2) is 24.3 Å². The highest BCUT2D eigenvalue weighted by Crippen LogP contribution is 2.11. The molecule has 0 aromatic heterocycles. The van der Waals surface area contributed by atoms with Crippen molar-refractivity contribution in [1.29, 1.82) is 0 Å². The van der Waals surface area contributed by atoms with Gasteiger partial charge in [-0.25, -0.2) is 0 Å². The molecule has 2 N–H and O–H groups in total. The lowest BCUT2D eigenvalue weighted by Gasteiger charge is -2.04. The molecular formula is C8H14O2. The third-order valence-corrected chi connectivity index (χ3v) is 1.33. The molecule has 2 heteroatoms. The second-order valence-electron chi connectivity index (χ2n) is 2.15. The van der Waals surface area contributed by atoms with Crippen LogP contribution >= 0.6 is 0 Å². The highest BCUT2D eigenvalue weighted by Gasteiger charge is 1.97. The second-order valence-corrected chi connectivity index (χ2v) is 2.15. The summed E-state index contributed by atoms with van der Waals surface area (Å²) in [6.45, 7) is 7.59. The Morgan fingerprint density at radius 1 is 0.900 bits per heavy atom. The van der Waals surface area contributed by atoms with E-state index in [0.29, 0.717) is 12.8 Å². The predicted octanol–water partition coefficient (Wildman–Crippen LogP) is 0.864. The maximum atomic E-state index is 8.49. The van der Waals surface area contributed by atoms with Crippen molar-refractivity contribution in [2.75, 3.05) is 13.2 Å². The summed E-state index contributed by atoms with van der Waals surface area (Å²) in [6, 6.07) is 0. The molecule has 0 aliphatic rings. The van der Waals surface area contributed by atoms with Crippen LogP contribution in [0.2, 0.25) is 0 Å². The van der Waals surface area contributed by atoms with Crippen molar-refractivity contribution in [3.05, 3.63) is 24.3 Å². The van der Waals surface area contributed by atoms with Gasteiger partial charge in [-0.05, 0) is 12.8 Å². The van der Waals surface area contributed by atoms with Crippen LogP contribution in [0, 0.1) is 0 Å². The molecule has 0 rings (SSSR count). The van der Waals surface area contributed by atoms with Gasteiger partial charge in [0.05, 0.1) is 0 Å². The van der Waals surface area contributed by atoms with E-state index in [0.717, 1.165) is 11.1 Å². The van der Waals surface area contributed by atoms with Gasteiger partial charge in [0.15, 0.2) is 0 Å². The number of rotatable bonds is 5. The first kappa shape index (κ1) is 9.40. The number of hydrogen-bond donors (Lipinski definition) is 2. The van der Waals surface area contributed by atoms with Gasteiger partial charge in [0.25, 0.3) is 0 Å². The Labute approximate surface area is 61.5 Å². The van der Waals surface area contributed by atoms with Gasteiger partial charge in [-0.3, -0.25) is 0 Å². The zero-order valence-corrected chi connectivity index (χ0v) is 6.14. The topological polar surface area (TPSA) is 40.5 Å². The first-order valence-electron chi connectivity index (χ1n) is 3.30. The monoisotopic (exact) mass is 142 g/mol. The van der Waals surface area contributed by atoms with Gasteiger partial charge in [-0.1, -0.05) is 24.3 Å². The highest BCUT2D eigenvalue weighted by atomic mass is 16.3. The molecule has 0 radical (unpaired) electrons. The molecule has 0 bridgehead atoms. The largest absolute Gasteiger partial charge is 0.396 e. The SMILES string of the molecule is C=C(CCO)C(=C)CCO. The molecule has 0 aliphatic heterocycles. The van der Waals surface area contributed by atoms with Crippen LogP contribution in [0.1, 0.15) is 12.8 Å². The van der Waals surface area contributed by atoms with Crippen molar-refractivity contribution >= 4 is 0 Å². The summed E-state index contributed by atoms with van der Waals surface area (Å²) in [4.78, 5) is 0. The zero-order valence-electron chi connectivity index (χ0n) is 6.14. The minimum atomic E-state index is 0.100. The van der Waals surface area contributed by atoms with Crippen molar-refractivity contribution in [2.45, 2.75) is 12.8 Å². The van der Waals surface area contributed by atoms with Crippen molar-refractivity contribution in [2.24, 2.45) is 0 Å². The van der Waals surface area contributed by atoms with E-state index in [1.807, 2.05) is 0 Å². The first-order chi connectivity index (χ1) is 4.72. The van der Waals surface area contributed by atoms with E-state index in [2.05, 4.69) is 13.2 Å². The standard InChI is InChI=1S/C8H14O2/c1-7(3-5-9)8(2)4-6-10/h9-10H,1-6H2. The van der Waals surface area contributed by atoms with Gasteiger partial charge in [0.1, 0.15) is 0 Å². The number of aliphatic hydroxyl groups excluding tert-OH is 2. The maximum Gasteiger partial charge on any atom is 0.0471 e. The molecule has 10 heavy (non-hydrogen) atoms. The predicted molar refractivity (Wildman–Crippen MR) is 41.7 cm³/mol. The molecule has 0 aromatic carbocycles. The van der Waals surface area contributed by atoms with E-state index in [-0.39, 0.29) is 13.2 Å². The lowest BCUT2D eigenvalue weighted by atomic mass is 10.0. The summed E-state index contributed by atoms with van der Waals surface area (Å²) < 4.78 is 0. The van der Waals surface area contributed by atoms with Gasteiger partial charge in [-0.2, -0.15) is 0 Å². The van der Waals surface area contributed by atoms with E-state index in [1.165, 1.54) is 0 Å². The molecular weight excluding hydrogens is 128 g/mol. The Balaban J connectivity index is 3.60. The van der Waals surface area contributed by atoms with Gasteiger partial charge < -0.3 is 10.2 Å². The van der Waals surface area contributed by atoms with Crippen LogP contribution in [0.5, 0.6) is 0 Å². The van der Waals surface area contributed by atoms with Crippen LogP contribution in [-0.4, -0.2) is 23.4 Å². The summed E-state index contributed by atoms with van der Waals surface area (Å²) >= 11 is 0. The Morgan fingerprint density at radius 3 is 1.40 bits per heavy atom. The Bertz CT molecular complexity index is 111. The fourth-order valence-corrected chi connectivity index (χ4v) is 0.623. The molecule has 0 saturated carbocycles. The van der Waals surface area contributed by atoms with Gasteiger partial charge in [0, 0.05) is 13.2 Å². The molecule has 58 valence electrons. The summed E-state index contributed by atoms with van der Waals surface area (Å²) in [7, 11) is 0. The molecule has 0 spiro atoms. The normalized spacial score (nSPS) is 9.40. The molecule has 0 heterocycles. The summed E-state index contributed by atoms with van der Waals surface area (Å²) in [6.07, 6.45) is 1.11. The lowest BCUT2D eigenvalue weighted by Crippen LogP contribution is -1.93. The van der Waals surface area contributed by atoms with Crippen LogP contribution in [0.4, 0.5) is 0 Å². The average molecular weight is 142 g/mol. The molecule has 2 nitrogen and oxygen atoms in total. The van der Waals surface area contributed by atoms with Crippen molar-refractivity contribution in [3.63, 3.8) is 0 Å². The van der Waals surface area contributed by atoms with Crippen molar-refractivity contribution in [3.8, 4) is 0 Å². The number of hydrogen-bond acceptors (Lipinski definition) is 2. The summed E-state index contributed by atoms with van der Waals surface area (Å²) in [5.41, 5.74) is 1.66. The second kappa shape index (κ2) is 5.21. The van der Waals surface area contributed by atoms with E-state index in [4.69, 9.17) is 10.2 Å². The van der Waals surface area contributed by atoms with Crippen LogP contribution in [0.3, 0.4) is 0 Å². The van der Waals surface area contributed by atoms with Gasteiger partial charge in [0.2, 0.25) is 0 Å². The quantitative estimate of drug-likeness (QED) is 0.559. The van der Waals surface area contributed by atoms with E-state index < -0.39 is 0 Å². The van der Waals surface area contributed by atoms with E-state index >= 15 is 0 Å². The molecule has 0 aliphatic carbocycles. The first-order valence-corrected chi connectivity index (χ1v) is 3.30. The third-order valence-electron chi connectivity index (χ3n) is 1.33. The average Bonchev–Trinajstić information content (AvgIpc) is 1.89. The van der Waals surface area contributed by atoms with Crippen molar-refractivity contribution in [1.82, 2.24) is 0 Å². The Morgan fingerprint density at radius 2 is 1.20 bits per heavy atom. The highest BCUT2D eigenvalue weighted by molar-refractivity contribution is 5.24. The fourth-order valence-electron chi connectivity index (χ4n) is 0.623. The van der Waals surface area contributed by atoms with E-state index in [1.54, 1.807) is 0 Å². The maximum absolute atomic E-state index is 8.49. The van der Waals surface area contributed by atoms with Crippen LogP contribution in [-0.2, 0) is 0 Å². The van der Waals surface area contributed by atoms with Crippen LogP contribution < -0.4 is 0 Å². The minimum Gasteiger partial charge on any atom is -0.396 e. The Hall–Kier alpha value is -0.600. The fraction of sp³-hybridized carbons (Fsp3) is 0.500. The summed E-state index contributed by atoms with van der Waals surface area (Å²) in [5.74, 6) is 0. The molecule has 0 amide bonds. The molecule has 0 fully saturated rings. The van der Waals surface area contributed by atoms with Gasteiger partial charge in [-0.15, -0.1) is 0 Å². The third kappa shape index (κ3) is 3.43. The minimum absolute atomic E-state index is 0.100. The Kier molecular flexibility index (Phi) is 4.89. The molecule has 0 atom stereocenters. The summed E-state index contributed by atoms with van der Waals surface area (Å²) in [5, 5.41) is 17.0. The number of aliphatic hydroxyl groups is 2. The van der Waals surface area contributed by atoms with Crippen molar-refractivity contribution < 1.29 is 10.2 Å². The lowest BCUT2D eigenvalue weighted by molar-refractivity contribution is 0.292.